The van der Waals surface area contributed by atoms with Gasteiger partial charge in [-0.15, -0.1) is 0 Å². The second-order valence-corrected chi connectivity index (χ2v) is 6.60. The number of amides is 2. The largest absolute Gasteiger partial charge is 0.339 e. The molecule has 1 aromatic rings. The van der Waals surface area contributed by atoms with Crippen molar-refractivity contribution in [2.45, 2.75) is 32.2 Å². The van der Waals surface area contributed by atoms with Gasteiger partial charge < -0.3 is 9.80 Å². The van der Waals surface area contributed by atoms with E-state index in [2.05, 4.69) is 9.88 Å². The van der Waals surface area contributed by atoms with Crippen LogP contribution in [0.3, 0.4) is 0 Å². The van der Waals surface area contributed by atoms with Crippen molar-refractivity contribution in [1.82, 2.24) is 19.7 Å². The highest BCUT2D eigenvalue weighted by Crippen LogP contribution is 2.12. The zero-order chi connectivity index (χ0) is 16.8. The summed E-state index contributed by atoms with van der Waals surface area (Å²) >= 11 is 0. The van der Waals surface area contributed by atoms with Gasteiger partial charge in [-0.3, -0.25) is 19.5 Å². The van der Waals surface area contributed by atoms with E-state index in [0.717, 1.165) is 64.2 Å². The molecule has 0 aromatic carbocycles. The average molecular weight is 330 g/mol. The van der Waals surface area contributed by atoms with E-state index in [1.807, 2.05) is 29.3 Å². The van der Waals surface area contributed by atoms with Crippen LogP contribution in [0, 0.1) is 0 Å². The monoisotopic (exact) mass is 330 g/mol. The molecule has 2 fully saturated rings. The summed E-state index contributed by atoms with van der Waals surface area (Å²) in [6, 6.07) is 5.95. The van der Waals surface area contributed by atoms with Crippen LogP contribution in [0.15, 0.2) is 24.4 Å². The molecule has 6 heteroatoms. The number of carbonyl (C=O) groups excluding carboxylic acids is 2. The number of hydrogen-bond donors (Lipinski definition) is 0. The first-order valence-corrected chi connectivity index (χ1v) is 8.90. The van der Waals surface area contributed by atoms with Gasteiger partial charge in [0.2, 0.25) is 11.8 Å². The molecule has 0 bridgehead atoms. The predicted octanol–water partition coefficient (Wildman–Crippen LogP) is 1.13. The van der Waals surface area contributed by atoms with Crippen molar-refractivity contribution in [3.05, 3.63) is 30.1 Å². The summed E-state index contributed by atoms with van der Waals surface area (Å²) < 4.78 is 0. The molecular formula is C18H26N4O2. The molecule has 0 unspecified atom stereocenters. The number of likely N-dealkylation sites (tertiary alicyclic amines) is 1. The number of aromatic nitrogens is 1. The molecule has 0 aliphatic carbocycles. The van der Waals surface area contributed by atoms with E-state index in [-0.39, 0.29) is 18.4 Å². The van der Waals surface area contributed by atoms with Crippen LogP contribution >= 0.6 is 0 Å². The number of piperazine rings is 1. The topological polar surface area (TPSA) is 56.8 Å². The molecule has 0 saturated carbocycles. The van der Waals surface area contributed by atoms with Crippen LogP contribution in [0.2, 0.25) is 0 Å². The molecule has 0 radical (unpaired) electrons. The minimum Gasteiger partial charge on any atom is -0.339 e. The Hall–Kier alpha value is -1.95. The van der Waals surface area contributed by atoms with Crippen molar-refractivity contribution < 1.29 is 9.59 Å². The summed E-state index contributed by atoms with van der Waals surface area (Å²) in [5.74, 6) is 0.220. The van der Waals surface area contributed by atoms with E-state index in [9.17, 15) is 9.59 Å². The van der Waals surface area contributed by atoms with E-state index < -0.39 is 0 Å². The molecule has 2 amide bonds. The average Bonchev–Trinajstić information content (AvgIpc) is 2.81. The summed E-state index contributed by atoms with van der Waals surface area (Å²) in [5.41, 5.74) is 1.06. The first-order chi connectivity index (χ1) is 11.7. The van der Waals surface area contributed by atoms with Gasteiger partial charge in [0, 0.05) is 51.9 Å². The van der Waals surface area contributed by atoms with Crippen molar-refractivity contribution in [1.29, 1.82) is 0 Å². The van der Waals surface area contributed by atoms with E-state index in [1.165, 1.54) is 0 Å². The number of nitrogens with zero attached hydrogens (tertiary/aromatic N) is 4. The van der Waals surface area contributed by atoms with Gasteiger partial charge in [-0.25, -0.2) is 0 Å². The first-order valence-electron chi connectivity index (χ1n) is 8.90. The summed E-state index contributed by atoms with van der Waals surface area (Å²) in [6.07, 6.45) is 5.45. The van der Waals surface area contributed by atoms with Crippen molar-refractivity contribution in [2.75, 3.05) is 39.3 Å². The normalized spacial score (nSPS) is 20.1. The molecule has 3 heterocycles. The van der Waals surface area contributed by atoms with Crippen LogP contribution < -0.4 is 0 Å². The smallest absolute Gasteiger partial charge is 0.242 e. The fourth-order valence-corrected chi connectivity index (χ4v) is 3.35. The predicted molar refractivity (Wildman–Crippen MR) is 91.1 cm³/mol. The lowest BCUT2D eigenvalue weighted by Crippen LogP contribution is -2.51. The van der Waals surface area contributed by atoms with Crippen LogP contribution in [-0.4, -0.2) is 70.8 Å². The molecule has 1 aromatic heterocycles. The Labute approximate surface area is 143 Å². The van der Waals surface area contributed by atoms with Crippen LogP contribution in [0.25, 0.3) is 0 Å². The van der Waals surface area contributed by atoms with Gasteiger partial charge >= 0.3 is 0 Å². The van der Waals surface area contributed by atoms with E-state index in [1.54, 1.807) is 4.90 Å². The second kappa shape index (κ2) is 8.24. The van der Waals surface area contributed by atoms with Gasteiger partial charge in [-0.2, -0.15) is 0 Å². The molecule has 24 heavy (non-hydrogen) atoms. The molecule has 2 aliphatic heterocycles. The van der Waals surface area contributed by atoms with Crippen molar-refractivity contribution in [2.24, 2.45) is 0 Å². The zero-order valence-corrected chi connectivity index (χ0v) is 14.2. The van der Waals surface area contributed by atoms with E-state index >= 15 is 0 Å². The molecule has 3 rings (SSSR count). The lowest BCUT2D eigenvalue weighted by molar-refractivity contribution is -0.141. The van der Waals surface area contributed by atoms with Crippen LogP contribution in [0.1, 0.15) is 31.4 Å². The Morgan fingerprint density at radius 2 is 1.88 bits per heavy atom. The Morgan fingerprint density at radius 3 is 2.62 bits per heavy atom. The van der Waals surface area contributed by atoms with Gasteiger partial charge in [0.15, 0.2) is 0 Å². The van der Waals surface area contributed by atoms with Gasteiger partial charge in [0.25, 0.3) is 0 Å². The summed E-state index contributed by atoms with van der Waals surface area (Å²) in [6.45, 7) is 4.98. The number of rotatable bonds is 4. The van der Waals surface area contributed by atoms with Gasteiger partial charge in [0.1, 0.15) is 0 Å². The van der Waals surface area contributed by atoms with Crippen LogP contribution in [0.4, 0.5) is 0 Å². The molecular weight excluding hydrogens is 304 g/mol. The summed E-state index contributed by atoms with van der Waals surface area (Å²) in [5, 5.41) is 0. The lowest BCUT2D eigenvalue weighted by atomic mass is 10.2. The highest BCUT2D eigenvalue weighted by Gasteiger charge is 2.25. The Bertz CT molecular complexity index is 555. The molecule has 2 saturated heterocycles. The Balaban J connectivity index is 1.45. The maximum Gasteiger partial charge on any atom is 0.242 e. The Morgan fingerprint density at radius 1 is 1.04 bits per heavy atom. The molecule has 6 nitrogen and oxygen atoms in total. The molecule has 0 atom stereocenters. The van der Waals surface area contributed by atoms with Gasteiger partial charge in [-0.1, -0.05) is 12.5 Å². The zero-order valence-electron chi connectivity index (χ0n) is 14.2. The maximum absolute atomic E-state index is 12.5. The quantitative estimate of drug-likeness (QED) is 0.830. The van der Waals surface area contributed by atoms with E-state index in [4.69, 9.17) is 0 Å². The molecule has 0 N–H and O–H groups in total. The highest BCUT2D eigenvalue weighted by molar-refractivity contribution is 5.85. The summed E-state index contributed by atoms with van der Waals surface area (Å²) in [7, 11) is 0. The maximum atomic E-state index is 12.5. The van der Waals surface area contributed by atoms with Crippen LogP contribution in [0.5, 0.6) is 0 Å². The second-order valence-electron chi connectivity index (χ2n) is 6.60. The van der Waals surface area contributed by atoms with Crippen molar-refractivity contribution in [3.8, 4) is 0 Å². The lowest BCUT2D eigenvalue weighted by Gasteiger charge is -2.35. The minimum absolute atomic E-state index is 0.0859. The fraction of sp³-hybridized carbons (Fsp3) is 0.611. The first kappa shape index (κ1) is 16.9. The third kappa shape index (κ3) is 4.54. The van der Waals surface area contributed by atoms with Crippen molar-refractivity contribution in [3.63, 3.8) is 0 Å². The number of hydrogen-bond acceptors (Lipinski definition) is 4. The number of carbonyl (C=O) groups is 2. The Kier molecular flexibility index (Phi) is 5.80. The molecule has 2 aliphatic rings. The fourth-order valence-electron chi connectivity index (χ4n) is 3.35. The van der Waals surface area contributed by atoms with Gasteiger partial charge in [-0.05, 0) is 25.0 Å². The third-order valence-electron chi connectivity index (χ3n) is 4.83. The number of pyridine rings is 1. The minimum atomic E-state index is 0.0859. The van der Waals surface area contributed by atoms with Gasteiger partial charge in [0.05, 0.1) is 12.2 Å². The van der Waals surface area contributed by atoms with Crippen LogP contribution in [-0.2, 0) is 16.1 Å². The molecule has 130 valence electrons. The standard InChI is InChI=1S/C18H26N4O2/c23-17-7-2-1-5-9-22(17)15-18(24)21-12-10-20(11-13-21)14-16-6-3-4-8-19-16/h3-4,6,8H,1-2,5,7,9-15H2. The van der Waals surface area contributed by atoms with E-state index in [0.29, 0.717) is 6.42 Å². The molecule has 0 spiro atoms. The SMILES string of the molecule is O=C(CN1CCCCCC1=O)N1CCN(Cc2ccccn2)CC1. The third-order valence-corrected chi connectivity index (χ3v) is 4.83. The summed E-state index contributed by atoms with van der Waals surface area (Å²) in [4.78, 5) is 34.8. The highest BCUT2D eigenvalue weighted by atomic mass is 16.2. The van der Waals surface area contributed by atoms with Crippen molar-refractivity contribution >= 4 is 11.8 Å².